The van der Waals surface area contributed by atoms with E-state index in [1.807, 2.05) is 37.3 Å². The van der Waals surface area contributed by atoms with Crippen LogP contribution in [0.3, 0.4) is 0 Å². The summed E-state index contributed by atoms with van der Waals surface area (Å²) in [6.45, 7) is 4.00. The molecule has 6 nitrogen and oxygen atoms in total. The fourth-order valence-corrected chi connectivity index (χ4v) is 3.79. The number of rotatable bonds is 4. The van der Waals surface area contributed by atoms with Gasteiger partial charge in [-0.1, -0.05) is 23.7 Å². The molecular weight excluding hydrogens is 386 g/mol. The third-order valence-electron chi connectivity index (χ3n) is 5.35. The van der Waals surface area contributed by atoms with Gasteiger partial charge in [-0.3, -0.25) is 0 Å². The molecule has 0 unspecified atom stereocenters. The van der Waals surface area contributed by atoms with E-state index in [1.54, 1.807) is 6.07 Å². The van der Waals surface area contributed by atoms with Crippen LogP contribution in [0.2, 0.25) is 5.02 Å². The minimum absolute atomic E-state index is 0.252. The molecule has 1 saturated heterocycles. The zero-order valence-corrected chi connectivity index (χ0v) is 16.9. The standard InChI is InChI=1S/C22H22ClN5O/c1-14-2-3-16(11-20(14)23)13-25-21-19-10-15(12-24)4-5-18(19)22(27-26-21)28-8-6-17(29)7-9-28/h2-5,10-11,17,29H,6-9,13H2,1H3,(H,25,26). The number of aryl methyl sites for hydroxylation is 1. The maximum Gasteiger partial charge on any atom is 0.159 e. The summed E-state index contributed by atoms with van der Waals surface area (Å²) in [5.74, 6) is 1.43. The predicted molar refractivity (Wildman–Crippen MR) is 115 cm³/mol. The molecule has 0 aliphatic carbocycles. The van der Waals surface area contributed by atoms with E-state index in [1.165, 1.54) is 0 Å². The van der Waals surface area contributed by atoms with Gasteiger partial charge in [-0.05, 0) is 55.2 Å². The van der Waals surface area contributed by atoms with Crippen LogP contribution in [0.25, 0.3) is 10.8 Å². The van der Waals surface area contributed by atoms with E-state index in [2.05, 4.69) is 26.5 Å². The fraction of sp³-hybridized carbons (Fsp3) is 0.318. The number of aromatic nitrogens is 2. The van der Waals surface area contributed by atoms with E-state index in [0.717, 1.165) is 45.8 Å². The Bertz CT molecular complexity index is 1090. The second-order valence-corrected chi connectivity index (χ2v) is 7.81. The molecule has 0 spiro atoms. The van der Waals surface area contributed by atoms with E-state index < -0.39 is 0 Å². The number of benzene rings is 2. The minimum Gasteiger partial charge on any atom is -0.393 e. The van der Waals surface area contributed by atoms with Gasteiger partial charge >= 0.3 is 0 Å². The van der Waals surface area contributed by atoms with Crippen molar-refractivity contribution in [3.05, 3.63) is 58.1 Å². The molecule has 29 heavy (non-hydrogen) atoms. The van der Waals surface area contributed by atoms with Crippen molar-refractivity contribution in [2.75, 3.05) is 23.3 Å². The van der Waals surface area contributed by atoms with E-state index in [-0.39, 0.29) is 6.10 Å². The van der Waals surface area contributed by atoms with Crippen LogP contribution in [-0.2, 0) is 6.54 Å². The molecule has 0 amide bonds. The van der Waals surface area contributed by atoms with Gasteiger partial charge in [-0.25, -0.2) is 0 Å². The molecule has 0 radical (unpaired) electrons. The zero-order valence-electron chi connectivity index (χ0n) is 16.2. The van der Waals surface area contributed by atoms with E-state index in [0.29, 0.717) is 30.8 Å². The van der Waals surface area contributed by atoms with Gasteiger partial charge in [0.2, 0.25) is 0 Å². The topological polar surface area (TPSA) is 85.1 Å². The van der Waals surface area contributed by atoms with Gasteiger partial charge in [0.15, 0.2) is 11.6 Å². The Kier molecular flexibility index (Phi) is 5.52. The first-order valence-corrected chi connectivity index (χ1v) is 10.1. The van der Waals surface area contributed by atoms with Crippen molar-refractivity contribution in [3.63, 3.8) is 0 Å². The average Bonchev–Trinajstić information content (AvgIpc) is 2.74. The molecule has 7 heteroatoms. The molecule has 3 aromatic rings. The van der Waals surface area contributed by atoms with Crippen molar-refractivity contribution in [3.8, 4) is 6.07 Å². The predicted octanol–water partition coefficient (Wildman–Crippen LogP) is 4.04. The lowest BCUT2D eigenvalue weighted by atomic mass is 10.1. The van der Waals surface area contributed by atoms with Gasteiger partial charge < -0.3 is 15.3 Å². The number of aliphatic hydroxyl groups excluding tert-OH is 1. The quantitative estimate of drug-likeness (QED) is 0.679. The van der Waals surface area contributed by atoms with Crippen LogP contribution < -0.4 is 10.2 Å². The largest absolute Gasteiger partial charge is 0.393 e. The average molecular weight is 408 g/mol. The zero-order chi connectivity index (χ0) is 20.4. The van der Waals surface area contributed by atoms with Crippen LogP contribution >= 0.6 is 11.6 Å². The van der Waals surface area contributed by atoms with Crippen molar-refractivity contribution in [2.45, 2.75) is 32.4 Å². The van der Waals surface area contributed by atoms with E-state index >= 15 is 0 Å². The summed E-state index contributed by atoms with van der Waals surface area (Å²) < 4.78 is 0. The number of anilines is 2. The summed E-state index contributed by atoms with van der Waals surface area (Å²) in [7, 11) is 0. The summed E-state index contributed by atoms with van der Waals surface area (Å²) in [4.78, 5) is 2.15. The van der Waals surface area contributed by atoms with Gasteiger partial charge in [0, 0.05) is 35.4 Å². The SMILES string of the molecule is Cc1ccc(CNc2nnc(N3CCC(O)CC3)c3ccc(C#N)cc23)cc1Cl. The monoisotopic (exact) mass is 407 g/mol. The number of hydrogen-bond acceptors (Lipinski definition) is 6. The van der Waals surface area contributed by atoms with Crippen molar-refractivity contribution >= 4 is 34.0 Å². The van der Waals surface area contributed by atoms with E-state index in [4.69, 9.17) is 11.6 Å². The number of aliphatic hydroxyl groups is 1. The van der Waals surface area contributed by atoms with Gasteiger partial charge in [-0.15, -0.1) is 10.2 Å². The number of nitrogens with zero attached hydrogens (tertiary/aromatic N) is 4. The summed E-state index contributed by atoms with van der Waals surface area (Å²) in [6, 6.07) is 13.7. The highest BCUT2D eigenvalue weighted by Gasteiger charge is 2.21. The van der Waals surface area contributed by atoms with Crippen molar-refractivity contribution in [2.24, 2.45) is 0 Å². The smallest absolute Gasteiger partial charge is 0.159 e. The lowest BCUT2D eigenvalue weighted by Crippen LogP contribution is -2.36. The van der Waals surface area contributed by atoms with Crippen LogP contribution in [0.4, 0.5) is 11.6 Å². The van der Waals surface area contributed by atoms with Crippen molar-refractivity contribution in [1.82, 2.24) is 10.2 Å². The van der Waals surface area contributed by atoms with Crippen LogP contribution in [0, 0.1) is 18.3 Å². The molecule has 1 aliphatic heterocycles. The van der Waals surface area contributed by atoms with Gasteiger partial charge in [0.1, 0.15) is 0 Å². The normalized spacial score (nSPS) is 14.8. The van der Waals surface area contributed by atoms with Crippen LogP contribution in [0.15, 0.2) is 36.4 Å². The number of halogens is 1. The lowest BCUT2D eigenvalue weighted by Gasteiger charge is -2.31. The van der Waals surface area contributed by atoms with E-state index in [9.17, 15) is 10.4 Å². The molecule has 1 fully saturated rings. The van der Waals surface area contributed by atoms with Gasteiger partial charge in [0.05, 0.1) is 17.7 Å². The Morgan fingerprint density at radius 2 is 1.97 bits per heavy atom. The number of hydrogen-bond donors (Lipinski definition) is 2. The third kappa shape index (κ3) is 4.12. The number of piperidine rings is 1. The first-order valence-electron chi connectivity index (χ1n) is 9.67. The third-order valence-corrected chi connectivity index (χ3v) is 5.76. The second-order valence-electron chi connectivity index (χ2n) is 7.40. The Labute approximate surface area is 174 Å². The molecule has 1 aromatic heterocycles. The second kappa shape index (κ2) is 8.24. The lowest BCUT2D eigenvalue weighted by molar-refractivity contribution is 0.145. The molecule has 2 heterocycles. The Balaban J connectivity index is 1.67. The van der Waals surface area contributed by atoms with Crippen molar-refractivity contribution < 1.29 is 5.11 Å². The van der Waals surface area contributed by atoms with Crippen LogP contribution in [0.5, 0.6) is 0 Å². The first kappa shape index (κ1) is 19.4. The number of nitriles is 1. The molecule has 0 saturated carbocycles. The number of fused-ring (bicyclic) bond motifs is 1. The van der Waals surface area contributed by atoms with Crippen molar-refractivity contribution in [1.29, 1.82) is 5.26 Å². The molecule has 0 atom stereocenters. The highest BCUT2D eigenvalue weighted by molar-refractivity contribution is 6.31. The number of nitrogens with one attached hydrogen (secondary N) is 1. The highest BCUT2D eigenvalue weighted by atomic mass is 35.5. The van der Waals surface area contributed by atoms with Crippen LogP contribution in [0.1, 0.15) is 29.5 Å². The molecule has 2 N–H and O–H groups in total. The summed E-state index contributed by atoms with van der Waals surface area (Å²) >= 11 is 6.23. The molecule has 148 valence electrons. The fourth-order valence-electron chi connectivity index (χ4n) is 3.58. The summed E-state index contributed by atoms with van der Waals surface area (Å²) in [6.07, 6.45) is 1.18. The highest BCUT2D eigenvalue weighted by Crippen LogP contribution is 2.31. The minimum atomic E-state index is -0.252. The molecular formula is C22H22ClN5O. The molecule has 1 aliphatic rings. The first-order chi connectivity index (χ1) is 14.0. The Morgan fingerprint density at radius 3 is 2.69 bits per heavy atom. The molecule has 2 aromatic carbocycles. The van der Waals surface area contributed by atoms with Gasteiger partial charge in [-0.2, -0.15) is 5.26 Å². The Hall–Kier alpha value is -2.88. The maximum absolute atomic E-state index is 9.80. The molecule has 4 rings (SSSR count). The van der Waals surface area contributed by atoms with Gasteiger partial charge in [0.25, 0.3) is 0 Å². The molecule has 0 bridgehead atoms. The Morgan fingerprint density at radius 1 is 1.17 bits per heavy atom. The summed E-state index contributed by atoms with van der Waals surface area (Å²) in [5, 5.41) is 33.9. The summed E-state index contributed by atoms with van der Waals surface area (Å²) in [5.41, 5.74) is 2.66. The maximum atomic E-state index is 9.80. The van der Waals surface area contributed by atoms with Crippen LogP contribution in [-0.4, -0.2) is 34.5 Å².